The van der Waals surface area contributed by atoms with Crippen LogP contribution >= 0.6 is 0 Å². The summed E-state index contributed by atoms with van der Waals surface area (Å²) in [5.74, 6) is 2.66. The Morgan fingerprint density at radius 1 is 0.108 bits per heavy atom. The van der Waals surface area contributed by atoms with Crippen molar-refractivity contribution >= 4 is 153 Å². The van der Waals surface area contributed by atoms with Crippen LogP contribution in [0.1, 0.15) is 0 Å². The number of benzene rings is 19. The van der Waals surface area contributed by atoms with Gasteiger partial charge < -0.3 is 18.3 Å². The first-order chi connectivity index (χ1) is 69.0. The second-order valence-corrected chi connectivity index (χ2v) is 35.7. The van der Waals surface area contributed by atoms with E-state index in [0.717, 1.165) is 124 Å². The van der Waals surface area contributed by atoms with Gasteiger partial charge in [-0.15, -0.1) is 0 Å². The highest BCUT2D eigenvalue weighted by Crippen LogP contribution is 2.44. The third-order valence-electron chi connectivity index (χ3n) is 27.8. The Morgan fingerprint density at radius 3 is 0.619 bits per heavy atom. The minimum absolute atomic E-state index is 0.878. The molecule has 650 valence electrons. The summed E-state index contributed by atoms with van der Waals surface area (Å²) in [6.07, 6.45) is 0. The Balaban J connectivity index is 0.000000105. The second kappa shape index (κ2) is 33.1. The maximum Gasteiger partial charge on any atom is 0.142 e. The van der Waals surface area contributed by atoms with E-state index in [9.17, 15) is 0 Å². The average Bonchev–Trinajstić information content (AvgIpc) is 1.54. The van der Waals surface area contributed by atoms with Gasteiger partial charge in [-0.2, -0.15) is 0 Å². The molecule has 19 aromatic carbocycles. The Hall–Kier alpha value is -18.8. The van der Waals surface area contributed by atoms with E-state index in [1.807, 2.05) is 0 Å². The van der Waals surface area contributed by atoms with Gasteiger partial charge in [-0.05, 0) is 174 Å². The van der Waals surface area contributed by atoms with Gasteiger partial charge in [0.15, 0.2) is 0 Å². The molecular weight excluding hydrogens is 1690 g/mol. The van der Waals surface area contributed by atoms with Crippen LogP contribution in [0.4, 0.5) is 0 Å². The average molecular weight is 1770 g/mol. The molecule has 0 N–H and O–H groups in total. The molecule has 0 atom stereocenters. The third-order valence-corrected chi connectivity index (χ3v) is 27.8. The molecule has 29 rings (SSSR count). The van der Waals surface area contributed by atoms with Crippen molar-refractivity contribution in [3.63, 3.8) is 0 Å². The Kier molecular flexibility index (Phi) is 19.1. The zero-order chi connectivity index (χ0) is 91.5. The molecule has 0 saturated carbocycles. The predicted octanol–water partition coefficient (Wildman–Crippen LogP) is 33.3. The molecule has 139 heavy (non-hydrogen) atoms. The molecule has 0 saturated heterocycles. The fourth-order valence-corrected chi connectivity index (χ4v) is 21.8. The van der Waals surface area contributed by atoms with Crippen molar-refractivity contribution in [3.8, 4) is 96.2 Å². The van der Waals surface area contributed by atoms with Crippen LogP contribution in [-0.4, -0.2) is 46.9 Å². The molecule has 0 aliphatic carbocycles. The van der Waals surface area contributed by atoms with Crippen LogP contribution in [0, 0.1) is 0 Å². The van der Waals surface area contributed by atoms with Gasteiger partial charge in [0.25, 0.3) is 0 Å². The lowest BCUT2D eigenvalue weighted by molar-refractivity contribution is 0.997. The van der Waals surface area contributed by atoms with Gasteiger partial charge in [-0.25, -0.2) is 15.0 Å². The standard InChI is InChI=1S/C47H31N3.C41H26N4.C41H27N3/c1-2-14-32(15-3-1)35-30-42(33-16-12-18-36(28-33)49-44-24-8-4-20-38(44)39-21-5-9-25-45(39)49)48-43(31-35)34-17-13-19-37(29-34)50-46-26-10-6-22-40(46)41-23-7-11-27-47(41)50;1-7-19-34-28(13-1)29-14-2-8-20-35(29)43(34)27-25-40(44-36-21-9-3-15-30(36)31-16-4-10-22-37(31)44)42-41(26-27)45-38-23-11-5-17-32(38)33-18-6-12-24-39(33)45;1-2-13-28(14-3-1)29-25-30(27-31(26-29)43-37-20-8-4-15-32(37)33-16-5-9-21-38(33)43)36-19-12-24-41(42-36)44-39-22-10-6-17-34(39)35-18-7-11-23-40(35)44/h1-31H;1-26H;1-27H. The van der Waals surface area contributed by atoms with Crippen molar-refractivity contribution in [1.82, 2.24) is 46.9 Å². The Bertz CT molecular complexity index is 9080. The molecule has 10 nitrogen and oxygen atoms in total. The summed E-state index contributed by atoms with van der Waals surface area (Å²) < 4.78 is 16.4. The molecule has 0 fully saturated rings. The molecule has 10 aromatic heterocycles. The van der Waals surface area contributed by atoms with Crippen molar-refractivity contribution in [2.24, 2.45) is 0 Å². The number of nitrogens with zero attached hydrogens (tertiary/aromatic N) is 10. The summed E-state index contributed by atoms with van der Waals surface area (Å²) in [7, 11) is 0. The van der Waals surface area contributed by atoms with Crippen LogP contribution in [0.5, 0.6) is 0 Å². The first kappa shape index (κ1) is 79.9. The van der Waals surface area contributed by atoms with Crippen LogP contribution in [0.25, 0.3) is 249 Å². The first-order valence-electron chi connectivity index (χ1n) is 47.4. The van der Waals surface area contributed by atoms with E-state index in [2.05, 4.69) is 542 Å². The van der Waals surface area contributed by atoms with Gasteiger partial charge in [-0.3, -0.25) is 13.7 Å². The van der Waals surface area contributed by atoms with E-state index in [1.165, 1.54) is 125 Å². The van der Waals surface area contributed by atoms with E-state index < -0.39 is 0 Å². The predicted molar refractivity (Wildman–Crippen MR) is 580 cm³/mol. The fraction of sp³-hybridized carbons (Fsp3) is 0. The van der Waals surface area contributed by atoms with Crippen molar-refractivity contribution < 1.29 is 0 Å². The number of fused-ring (bicyclic) bond motifs is 21. The smallest absolute Gasteiger partial charge is 0.142 e. The van der Waals surface area contributed by atoms with Gasteiger partial charge in [0.1, 0.15) is 17.5 Å². The summed E-state index contributed by atoms with van der Waals surface area (Å²) in [5, 5.41) is 17.3. The first-order valence-corrected chi connectivity index (χ1v) is 47.4. The molecule has 0 aliphatic rings. The summed E-state index contributed by atoms with van der Waals surface area (Å²) in [4.78, 5) is 16.2. The van der Waals surface area contributed by atoms with Crippen LogP contribution in [0.2, 0.25) is 0 Å². The largest absolute Gasteiger partial charge is 0.309 e. The van der Waals surface area contributed by atoms with Crippen LogP contribution in [-0.2, 0) is 0 Å². The van der Waals surface area contributed by atoms with Crippen LogP contribution in [0.15, 0.2) is 510 Å². The zero-order valence-electron chi connectivity index (χ0n) is 75.5. The molecule has 0 aliphatic heterocycles. The van der Waals surface area contributed by atoms with Gasteiger partial charge in [0, 0.05) is 121 Å². The lowest BCUT2D eigenvalue weighted by Gasteiger charge is -2.16. The van der Waals surface area contributed by atoms with Crippen LogP contribution in [0.3, 0.4) is 0 Å². The molecule has 0 unspecified atom stereocenters. The van der Waals surface area contributed by atoms with Gasteiger partial charge >= 0.3 is 0 Å². The Labute approximate surface area is 799 Å². The lowest BCUT2D eigenvalue weighted by atomic mass is 9.99. The Morgan fingerprint density at radius 2 is 0.324 bits per heavy atom. The highest BCUT2D eigenvalue weighted by Gasteiger charge is 2.25. The number of pyridine rings is 3. The molecule has 10 heterocycles. The maximum atomic E-state index is 5.50. The fourth-order valence-electron chi connectivity index (χ4n) is 21.8. The normalized spacial score (nSPS) is 11.7. The topological polar surface area (TPSA) is 73.2 Å². The molecular formula is C129H84N10. The number of hydrogen-bond donors (Lipinski definition) is 0. The van der Waals surface area contributed by atoms with E-state index in [1.54, 1.807) is 0 Å². The summed E-state index contributed by atoms with van der Waals surface area (Å²) in [5.41, 5.74) is 31.4. The number of hydrogen-bond acceptors (Lipinski definition) is 3. The third kappa shape index (κ3) is 13.4. The van der Waals surface area contributed by atoms with E-state index in [4.69, 9.17) is 15.0 Å². The zero-order valence-corrected chi connectivity index (χ0v) is 75.5. The quantitative estimate of drug-likeness (QED) is 0.122. The second-order valence-electron chi connectivity index (χ2n) is 35.7. The summed E-state index contributed by atoms with van der Waals surface area (Å²) >= 11 is 0. The highest BCUT2D eigenvalue weighted by molar-refractivity contribution is 6.16. The lowest BCUT2D eigenvalue weighted by Crippen LogP contribution is -2.06. The molecule has 0 amide bonds. The maximum absolute atomic E-state index is 5.50. The van der Waals surface area contributed by atoms with Gasteiger partial charge in [0.2, 0.25) is 0 Å². The number of para-hydroxylation sites is 14. The number of rotatable bonds is 12. The molecule has 10 heteroatoms. The van der Waals surface area contributed by atoms with Crippen molar-refractivity contribution in [3.05, 3.63) is 510 Å². The number of aromatic nitrogens is 10. The monoisotopic (exact) mass is 1770 g/mol. The summed E-state index contributed by atoms with van der Waals surface area (Å²) in [6.45, 7) is 0. The van der Waals surface area contributed by atoms with Crippen molar-refractivity contribution in [2.45, 2.75) is 0 Å². The molecule has 0 bridgehead atoms. The summed E-state index contributed by atoms with van der Waals surface area (Å²) in [6, 6.07) is 182. The van der Waals surface area contributed by atoms with Crippen LogP contribution < -0.4 is 0 Å². The van der Waals surface area contributed by atoms with Gasteiger partial charge in [0.05, 0.1) is 100 Å². The van der Waals surface area contributed by atoms with E-state index in [0.29, 0.717) is 0 Å². The minimum Gasteiger partial charge on any atom is -0.309 e. The van der Waals surface area contributed by atoms with Crippen molar-refractivity contribution in [1.29, 1.82) is 0 Å². The van der Waals surface area contributed by atoms with E-state index in [-0.39, 0.29) is 0 Å². The SMILES string of the molecule is c1ccc(-c2cc(-c3cccc(-n4c5ccccc5c5ccccc54)c3)nc(-c3cccc(-n4c5ccccc5c5ccccc54)c3)c2)cc1.c1ccc(-c2cc(-c3cccc(-n4c5ccccc5c5ccccc54)n3)cc(-n3c4ccccc4c4ccccc43)c2)cc1.c1ccc2c(c1)c1ccccc1n2-c1cc(-n2c3ccccc3c3ccccc32)nc(-n2c3ccccc3c3ccccc32)c1. The molecule has 0 radical (unpaired) electrons. The highest BCUT2D eigenvalue weighted by atomic mass is 15.2. The minimum atomic E-state index is 0.878. The molecule has 29 aromatic rings. The van der Waals surface area contributed by atoms with E-state index >= 15 is 0 Å². The van der Waals surface area contributed by atoms with Gasteiger partial charge in [-0.1, -0.05) is 346 Å². The molecule has 0 spiro atoms. The van der Waals surface area contributed by atoms with Crippen molar-refractivity contribution in [2.75, 3.05) is 0 Å².